The lowest BCUT2D eigenvalue weighted by atomic mass is 9.79. The molecule has 0 aliphatic carbocycles. The molecule has 0 bridgehead atoms. The normalized spacial score (nSPS) is 29.0. The van der Waals surface area contributed by atoms with Crippen molar-refractivity contribution in [3.63, 3.8) is 0 Å². The van der Waals surface area contributed by atoms with Gasteiger partial charge in [0.2, 0.25) is 0 Å². The molecule has 0 spiro atoms. The summed E-state index contributed by atoms with van der Waals surface area (Å²) in [5, 5.41) is 18.0. The second-order valence-electron chi connectivity index (χ2n) is 3.18. The van der Waals surface area contributed by atoms with Crippen molar-refractivity contribution in [2.24, 2.45) is 10.4 Å². The molecular formula is C9H11NO5. The van der Waals surface area contributed by atoms with Gasteiger partial charge in [-0.1, -0.05) is 6.08 Å². The molecule has 82 valence electrons. The highest BCUT2D eigenvalue weighted by molar-refractivity contribution is 5.92. The third kappa shape index (κ3) is 1.89. The topological polar surface area (TPSA) is 96.2 Å². The number of rotatable bonds is 4. The Bertz CT molecular complexity index is 335. The molecule has 0 amide bonds. The van der Waals surface area contributed by atoms with Gasteiger partial charge >= 0.3 is 11.9 Å². The summed E-state index contributed by atoms with van der Waals surface area (Å²) >= 11 is 0. The maximum atomic E-state index is 11.1. The van der Waals surface area contributed by atoms with Crippen LogP contribution in [0.3, 0.4) is 0 Å². The molecular weight excluding hydrogens is 202 g/mol. The van der Waals surface area contributed by atoms with E-state index >= 15 is 0 Å². The SMILES string of the molecule is COCC1(C(=O)O)C=CC=NC1C(=O)O. The smallest absolute Gasteiger partial charge is 0.330 e. The zero-order valence-corrected chi connectivity index (χ0v) is 8.08. The van der Waals surface area contributed by atoms with Crippen LogP contribution in [0, 0.1) is 5.41 Å². The van der Waals surface area contributed by atoms with E-state index < -0.39 is 23.4 Å². The van der Waals surface area contributed by atoms with Gasteiger partial charge in [-0.3, -0.25) is 9.79 Å². The van der Waals surface area contributed by atoms with Gasteiger partial charge in [0.25, 0.3) is 0 Å². The van der Waals surface area contributed by atoms with E-state index in [1.807, 2.05) is 0 Å². The van der Waals surface area contributed by atoms with Gasteiger partial charge in [-0.25, -0.2) is 4.79 Å². The fraction of sp³-hybridized carbons (Fsp3) is 0.444. The second kappa shape index (κ2) is 4.22. The van der Waals surface area contributed by atoms with E-state index in [4.69, 9.17) is 14.9 Å². The molecule has 6 heteroatoms. The Labute approximate surface area is 85.9 Å². The van der Waals surface area contributed by atoms with Gasteiger partial charge in [-0.05, 0) is 6.08 Å². The Morgan fingerprint density at radius 3 is 2.67 bits per heavy atom. The molecule has 15 heavy (non-hydrogen) atoms. The van der Waals surface area contributed by atoms with Crippen LogP contribution in [0.4, 0.5) is 0 Å². The fourth-order valence-electron chi connectivity index (χ4n) is 1.47. The Morgan fingerprint density at radius 2 is 2.20 bits per heavy atom. The monoisotopic (exact) mass is 213 g/mol. The first-order chi connectivity index (χ1) is 7.04. The van der Waals surface area contributed by atoms with Crippen LogP contribution in [0.1, 0.15) is 0 Å². The van der Waals surface area contributed by atoms with Crippen molar-refractivity contribution in [2.75, 3.05) is 13.7 Å². The summed E-state index contributed by atoms with van der Waals surface area (Å²) in [6.45, 7) is -0.229. The third-order valence-corrected chi connectivity index (χ3v) is 2.22. The number of hydrogen-bond acceptors (Lipinski definition) is 4. The van der Waals surface area contributed by atoms with E-state index in [9.17, 15) is 9.59 Å². The largest absolute Gasteiger partial charge is 0.480 e. The molecule has 6 nitrogen and oxygen atoms in total. The van der Waals surface area contributed by atoms with Crippen LogP contribution in [-0.2, 0) is 14.3 Å². The predicted molar refractivity (Wildman–Crippen MR) is 51.0 cm³/mol. The van der Waals surface area contributed by atoms with Crippen LogP contribution >= 0.6 is 0 Å². The van der Waals surface area contributed by atoms with Crippen LogP contribution in [-0.4, -0.2) is 48.1 Å². The molecule has 0 radical (unpaired) electrons. The van der Waals surface area contributed by atoms with Gasteiger partial charge in [-0.2, -0.15) is 0 Å². The number of carboxylic acids is 2. The van der Waals surface area contributed by atoms with Gasteiger partial charge < -0.3 is 14.9 Å². The van der Waals surface area contributed by atoms with Crippen LogP contribution in [0.5, 0.6) is 0 Å². The molecule has 2 atom stereocenters. The number of hydrogen-bond donors (Lipinski definition) is 2. The average molecular weight is 213 g/mol. The van der Waals surface area contributed by atoms with Crippen molar-refractivity contribution in [1.29, 1.82) is 0 Å². The highest BCUT2D eigenvalue weighted by atomic mass is 16.5. The van der Waals surface area contributed by atoms with E-state index in [-0.39, 0.29) is 6.61 Å². The number of methoxy groups -OCH3 is 1. The summed E-state index contributed by atoms with van der Waals surface area (Å²) in [5.41, 5.74) is -1.62. The van der Waals surface area contributed by atoms with Crippen molar-refractivity contribution in [3.8, 4) is 0 Å². The molecule has 0 aromatic carbocycles. The van der Waals surface area contributed by atoms with Crippen molar-refractivity contribution in [3.05, 3.63) is 12.2 Å². The number of aliphatic imine (C=N–C) groups is 1. The average Bonchev–Trinajstić information content (AvgIpc) is 2.18. The van der Waals surface area contributed by atoms with Gasteiger partial charge in [0, 0.05) is 13.3 Å². The molecule has 1 aliphatic rings. The number of carbonyl (C=O) groups is 2. The van der Waals surface area contributed by atoms with E-state index in [0.717, 1.165) is 0 Å². The number of carboxylic acid groups (broad SMARTS) is 2. The van der Waals surface area contributed by atoms with Crippen molar-refractivity contribution in [2.45, 2.75) is 6.04 Å². The molecule has 0 aromatic heterocycles. The lowest BCUT2D eigenvalue weighted by Gasteiger charge is -2.30. The molecule has 1 rings (SSSR count). The Morgan fingerprint density at radius 1 is 1.53 bits per heavy atom. The Kier molecular flexibility index (Phi) is 3.21. The minimum Gasteiger partial charge on any atom is -0.480 e. The number of dihydropyridines is 1. The van der Waals surface area contributed by atoms with E-state index in [1.165, 1.54) is 25.5 Å². The first-order valence-corrected chi connectivity index (χ1v) is 4.21. The van der Waals surface area contributed by atoms with Gasteiger partial charge in [0.1, 0.15) is 5.41 Å². The summed E-state index contributed by atoms with van der Waals surface area (Å²) < 4.78 is 4.76. The maximum absolute atomic E-state index is 11.1. The number of allylic oxidation sites excluding steroid dienone is 1. The maximum Gasteiger partial charge on any atom is 0.330 e. The van der Waals surface area contributed by atoms with Gasteiger partial charge in [0.15, 0.2) is 6.04 Å². The Hall–Kier alpha value is -1.69. The second-order valence-corrected chi connectivity index (χ2v) is 3.18. The third-order valence-electron chi connectivity index (χ3n) is 2.22. The molecule has 1 heterocycles. The lowest BCUT2D eigenvalue weighted by Crippen LogP contribution is -2.48. The van der Waals surface area contributed by atoms with E-state index in [1.54, 1.807) is 0 Å². The van der Waals surface area contributed by atoms with Gasteiger partial charge in [-0.15, -0.1) is 0 Å². The molecule has 0 saturated carbocycles. The number of aliphatic carboxylic acids is 2. The lowest BCUT2D eigenvalue weighted by molar-refractivity contribution is -0.157. The number of nitrogens with zero attached hydrogens (tertiary/aromatic N) is 1. The van der Waals surface area contributed by atoms with Crippen molar-refractivity contribution < 1.29 is 24.5 Å². The minimum absolute atomic E-state index is 0.229. The summed E-state index contributed by atoms with van der Waals surface area (Å²) in [5.74, 6) is -2.54. The molecule has 2 unspecified atom stereocenters. The predicted octanol–water partition coefficient (Wildman–Crippen LogP) is -0.202. The highest BCUT2D eigenvalue weighted by Crippen LogP contribution is 2.30. The van der Waals surface area contributed by atoms with Crippen molar-refractivity contribution >= 4 is 18.2 Å². The van der Waals surface area contributed by atoms with E-state index in [0.29, 0.717) is 0 Å². The summed E-state index contributed by atoms with van der Waals surface area (Å²) in [6.07, 6.45) is 3.98. The molecule has 0 fully saturated rings. The number of ether oxygens (including phenoxy) is 1. The molecule has 0 aromatic rings. The molecule has 0 saturated heterocycles. The van der Waals surface area contributed by atoms with Crippen LogP contribution in [0.2, 0.25) is 0 Å². The highest BCUT2D eigenvalue weighted by Gasteiger charge is 2.49. The minimum atomic E-state index is -1.62. The summed E-state index contributed by atoms with van der Waals surface area (Å²) in [7, 11) is 1.32. The zero-order chi connectivity index (χ0) is 11.5. The van der Waals surface area contributed by atoms with Crippen LogP contribution < -0.4 is 0 Å². The van der Waals surface area contributed by atoms with E-state index in [2.05, 4.69) is 4.99 Å². The fourth-order valence-corrected chi connectivity index (χ4v) is 1.47. The van der Waals surface area contributed by atoms with Crippen LogP contribution in [0.25, 0.3) is 0 Å². The molecule has 1 aliphatic heterocycles. The molecule has 2 N–H and O–H groups in total. The quantitative estimate of drug-likeness (QED) is 0.674. The van der Waals surface area contributed by atoms with Crippen molar-refractivity contribution in [1.82, 2.24) is 0 Å². The van der Waals surface area contributed by atoms with Crippen LogP contribution in [0.15, 0.2) is 17.1 Å². The van der Waals surface area contributed by atoms with Gasteiger partial charge in [0.05, 0.1) is 6.61 Å². The first kappa shape index (κ1) is 11.4. The summed E-state index contributed by atoms with van der Waals surface area (Å²) in [6, 6.07) is -1.35. The Balaban J connectivity index is 3.13. The zero-order valence-electron chi connectivity index (χ0n) is 8.08. The standard InChI is InChI=1S/C9H11NO5/c1-15-5-9(8(13)14)3-2-4-10-6(9)7(11)12/h2-4,6H,5H2,1H3,(H,11,12)(H,13,14). The summed E-state index contributed by atoms with van der Waals surface area (Å²) in [4.78, 5) is 25.6. The first-order valence-electron chi connectivity index (χ1n) is 4.21.